The average molecular weight is 231 g/mol. The maximum absolute atomic E-state index is 11.8. The van der Waals surface area contributed by atoms with Gasteiger partial charge in [0.25, 0.3) is 0 Å². The molecule has 0 saturated heterocycles. The van der Waals surface area contributed by atoms with Gasteiger partial charge < -0.3 is 21.1 Å². The molecule has 0 fully saturated rings. The molecule has 16 heavy (non-hydrogen) atoms. The first-order chi connectivity index (χ1) is 7.17. The van der Waals surface area contributed by atoms with Crippen LogP contribution in [0.1, 0.15) is 27.7 Å². The molecule has 6 nitrogen and oxygen atoms in total. The second-order valence-electron chi connectivity index (χ2n) is 4.57. The number of hydrogen-bond donors (Lipinski definition) is 3. The Kier molecular flexibility index (Phi) is 5.23. The lowest BCUT2D eigenvalue weighted by molar-refractivity contribution is -0.125. The number of methoxy groups -OCH3 is 1. The van der Waals surface area contributed by atoms with Crippen molar-refractivity contribution in [3.05, 3.63) is 0 Å². The molecule has 0 aromatic rings. The lowest BCUT2D eigenvalue weighted by Gasteiger charge is -2.26. The van der Waals surface area contributed by atoms with Crippen LogP contribution in [0.25, 0.3) is 0 Å². The summed E-state index contributed by atoms with van der Waals surface area (Å²) in [6, 6.07) is -0.657. The fourth-order valence-corrected chi connectivity index (χ4v) is 1.12. The van der Waals surface area contributed by atoms with Gasteiger partial charge in [0.15, 0.2) is 0 Å². The number of amides is 2. The standard InChI is InChI=1S/C10H21N3O3/c1-6(2)7(12-9(15)16-5)8(14)13-10(3,4)11/h6-7H,11H2,1-5H3,(H,12,15)(H,13,14). The number of nitrogens with two attached hydrogens (primary N) is 1. The number of ether oxygens (including phenoxy) is 1. The third-order valence-electron chi connectivity index (χ3n) is 1.85. The van der Waals surface area contributed by atoms with E-state index in [0.717, 1.165) is 0 Å². The van der Waals surface area contributed by atoms with Gasteiger partial charge in [0.1, 0.15) is 6.04 Å². The highest BCUT2D eigenvalue weighted by atomic mass is 16.5. The predicted molar refractivity (Wildman–Crippen MR) is 60.6 cm³/mol. The Morgan fingerprint density at radius 1 is 1.31 bits per heavy atom. The summed E-state index contributed by atoms with van der Waals surface area (Å²) >= 11 is 0. The Bertz CT molecular complexity index is 259. The van der Waals surface area contributed by atoms with Crippen molar-refractivity contribution in [1.82, 2.24) is 10.6 Å². The summed E-state index contributed by atoms with van der Waals surface area (Å²) in [7, 11) is 1.25. The van der Waals surface area contributed by atoms with Gasteiger partial charge in [0.2, 0.25) is 5.91 Å². The first-order valence-electron chi connectivity index (χ1n) is 5.12. The number of nitrogens with one attached hydrogen (secondary N) is 2. The maximum Gasteiger partial charge on any atom is 0.407 e. The predicted octanol–water partition coefficient (Wildman–Crippen LogP) is 0.178. The first kappa shape index (κ1) is 14.7. The lowest BCUT2D eigenvalue weighted by atomic mass is 10.0. The molecule has 1 unspecified atom stereocenters. The van der Waals surface area contributed by atoms with E-state index in [9.17, 15) is 9.59 Å². The normalized spacial score (nSPS) is 13.2. The highest BCUT2D eigenvalue weighted by molar-refractivity contribution is 5.86. The average Bonchev–Trinajstić information content (AvgIpc) is 2.09. The van der Waals surface area contributed by atoms with Gasteiger partial charge in [-0.2, -0.15) is 0 Å². The Morgan fingerprint density at radius 2 is 1.81 bits per heavy atom. The smallest absolute Gasteiger partial charge is 0.407 e. The fourth-order valence-electron chi connectivity index (χ4n) is 1.12. The summed E-state index contributed by atoms with van der Waals surface area (Å²) in [6.07, 6.45) is -0.635. The molecule has 6 heteroatoms. The van der Waals surface area contributed by atoms with Crippen LogP contribution in [0.3, 0.4) is 0 Å². The summed E-state index contributed by atoms with van der Waals surface area (Å²) in [5.41, 5.74) is 4.84. The summed E-state index contributed by atoms with van der Waals surface area (Å²) in [6.45, 7) is 6.98. The van der Waals surface area contributed by atoms with Crippen LogP contribution < -0.4 is 16.4 Å². The third-order valence-corrected chi connectivity index (χ3v) is 1.85. The molecule has 94 valence electrons. The topological polar surface area (TPSA) is 93.4 Å². The lowest BCUT2D eigenvalue weighted by Crippen LogP contribution is -2.58. The first-order valence-corrected chi connectivity index (χ1v) is 5.12. The van der Waals surface area contributed by atoms with E-state index in [1.807, 2.05) is 13.8 Å². The van der Waals surface area contributed by atoms with Crippen LogP contribution in [0, 0.1) is 5.92 Å². The van der Waals surface area contributed by atoms with Crippen LogP contribution in [0.15, 0.2) is 0 Å². The largest absolute Gasteiger partial charge is 0.453 e. The Labute approximate surface area is 95.9 Å². The van der Waals surface area contributed by atoms with Crippen molar-refractivity contribution in [2.45, 2.75) is 39.4 Å². The molecule has 0 aromatic carbocycles. The van der Waals surface area contributed by atoms with Crippen LogP contribution in [-0.2, 0) is 9.53 Å². The van der Waals surface area contributed by atoms with E-state index >= 15 is 0 Å². The van der Waals surface area contributed by atoms with Crippen molar-refractivity contribution >= 4 is 12.0 Å². The molecular formula is C10H21N3O3. The van der Waals surface area contributed by atoms with Crippen molar-refractivity contribution in [2.24, 2.45) is 11.7 Å². The zero-order valence-electron chi connectivity index (χ0n) is 10.5. The third kappa shape index (κ3) is 5.55. The fraction of sp³-hybridized carbons (Fsp3) is 0.800. The van der Waals surface area contributed by atoms with Gasteiger partial charge >= 0.3 is 6.09 Å². The Balaban J connectivity index is 4.54. The molecule has 0 aliphatic heterocycles. The molecule has 4 N–H and O–H groups in total. The summed E-state index contributed by atoms with van der Waals surface area (Å²) in [5, 5.41) is 5.06. The molecule has 0 radical (unpaired) electrons. The van der Waals surface area contributed by atoms with E-state index < -0.39 is 17.8 Å². The molecule has 0 bridgehead atoms. The van der Waals surface area contributed by atoms with Gasteiger partial charge in [0, 0.05) is 0 Å². The van der Waals surface area contributed by atoms with E-state index in [0.29, 0.717) is 0 Å². The quantitative estimate of drug-likeness (QED) is 0.601. The number of hydrogen-bond acceptors (Lipinski definition) is 4. The van der Waals surface area contributed by atoms with E-state index in [1.54, 1.807) is 13.8 Å². The van der Waals surface area contributed by atoms with Crippen molar-refractivity contribution in [1.29, 1.82) is 0 Å². The van der Waals surface area contributed by atoms with Crippen molar-refractivity contribution in [2.75, 3.05) is 7.11 Å². The second kappa shape index (κ2) is 5.69. The number of alkyl carbamates (subject to hydrolysis) is 1. The van der Waals surface area contributed by atoms with E-state index in [2.05, 4.69) is 15.4 Å². The van der Waals surface area contributed by atoms with E-state index in [-0.39, 0.29) is 11.8 Å². The van der Waals surface area contributed by atoms with Gasteiger partial charge in [-0.15, -0.1) is 0 Å². The zero-order valence-corrected chi connectivity index (χ0v) is 10.5. The molecule has 0 spiro atoms. The minimum atomic E-state index is -0.817. The molecule has 0 heterocycles. The number of carbonyl (C=O) groups is 2. The van der Waals surface area contributed by atoms with Gasteiger partial charge in [-0.3, -0.25) is 4.79 Å². The van der Waals surface area contributed by atoms with Gasteiger partial charge in [-0.05, 0) is 19.8 Å². The molecule has 0 aliphatic rings. The molecule has 2 amide bonds. The van der Waals surface area contributed by atoms with Gasteiger partial charge in [0.05, 0.1) is 12.8 Å². The Morgan fingerprint density at radius 3 is 2.12 bits per heavy atom. The van der Waals surface area contributed by atoms with E-state index in [1.165, 1.54) is 7.11 Å². The van der Waals surface area contributed by atoms with Crippen LogP contribution in [0.4, 0.5) is 4.79 Å². The van der Waals surface area contributed by atoms with Crippen molar-refractivity contribution in [3.63, 3.8) is 0 Å². The van der Waals surface area contributed by atoms with Crippen molar-refractivity contribution < 1.29 is 14.3 Å². The highest BCUT2D eigenvalue weighted by Crippen LogP contribution is 2.04. The van der Waals surface area contributed by atoms with Crippen LogP contribution in [-0.4, -0.2) is 30.8 Å². The molecular weight excluding hydrogens is 210 g/mol. The highest BCUT2D eigenvalue weighted by Gasteiger charge is 2.27. The number of rotatable bonds is 4. The van der Waals surface area contributed by atoms with Crippen LogP contribution in [0.2, 0.25) is 0 Å². The maximum atomic E-state index is 11.8. The molecule has 1 atom stereocenters. The molecule has 0 aromatic heterocycles. The molecule has 0 saturated carbocycles. The summed E-state index contributed by atoms with van der Waals surface area (Å²) in [4.78, 5) is 22.8. The van der Waals surface area contributed by atoms with Crippen molar-refractivity contribution in [3.8, 4) is 0 Å². The SMILES string of the molecule is COC(=O)NC(C(=O)NC(C)(C)N)C(C)C. The second-order valence-corrected chi connectivity index (χ2v) is 4.57. The minimum absolute atomic E-state index is 0.0542. The molecule has 0 rings (SSSR count). The number of carbonyl (C=O) groups excluding carboxylic acids is 2. The summed E-state index contributed by atoms with van der Waals surface area (Å²) < 4.78 is 4.45. The monoisotopic (exact) mass is 231 g/mol. The minimum Gasteiger partial charge on any atom is -0.453 e. The summed E-state index contributed by atoms with van der Waals surface area (Å²) in [5.74, 6) is -0.380. The van der Waals surface area contributed by atoms with Gasteiger partial charge in [-0.1, -0.05) is 13.8 Å². The molecule has 0 aliphatic carbocycles. The van der Waals surface area contributed by atoms with E-state index in [4.69, 9.17) is 5.73 Å². The van der Waals surface area contributed by atoms with Crippen LogP contribution >= 0.6 is 0 Å². The Hall–Kier alpha value is -1.30. The van der Waals surface area contributed by atoms with Gasteiger partial charge in [-0.25, -0.2) is 4.79 Å². The van der Waals surface area contributed by atoms with Crippen LogP contribution in [0.5, 0.6) is 0 Å². The zero-order chi connectivity index (χ0) is 12.9.